The summed E-state index contributed by atoms with van der Waals surface area (Å²) in [7, 11) is 8.02. The highest BCUT2D eigenvalue weighted by Gasteiger charge is 2.07. The van der Waals surface area contributed by atoms with Crippen molar-refractivity contribution < 1.29 is 0 Å². The van der Waals surface area contributed by atoms with Crippen LogP contribution in [0.5, 0.6) is 0 Å². The van der Waals surface area contributed by atoms with Crippen LogP contribution in [-0.4, -0.2) is 40.0 Å². The number of rotatable bonds is 6. The third-order valence-corrected chi connectivity index (χ3v) is 3.25. The van der Waals surface area contributed by atoms with E-state index in [4.69, 9.17) is 0 Å². The molecule has 6 nitrogen and oxygen atoms in total. The zero-order valence-electron chi connectivity index (χ0n) is 12.1. The average molecular weight is 262 g/mol. The molecule has 6 heteroatoms. The second kappa shape index (κ2) is 5.88. The van der Waals surface area contributed by atoms with Crippen molar-refractivity contribution in [3.63, 3.8) is 0 Å². The first-order valence-electron chi connectivity index (χ1n) is 6.45. The van der Waals surface area contributed by atoms with Gasteiger partial charge in [0.15, 0.2) is 0 Å². The Morgan fingerprint density at radius 2 is 2.05 bits per heavy atom. The van der Waals surface area contributed by atoms with E-state index in [1.54, 1.807) is 0 Å². The van der Waals surface area contributed by atoms with Crippen LogP contribution in [0.15, 0.2) is 18.5 Å². The summed E-state index contributed by atoms with van der Waals surface area (Å²) in [6.45, 7) is 1.76. The van der Waals surface area contributed by atoms with Gasteiger partial charge in [0.1, 0.15) is 0 Å². The van der Waals surface area contributed by atoms with Gasteiger partial charge in [-0.05, 0) is 6.07 Å². The van der Waals surface area contributed by atoms with Gasteiger partial charge in [0.25, 0.3) is 0 Å². The third-order valence-electron chi connectivity index (χ3n) is 3.25. The molecule has 19 heavy (non-hydrogen) atoms. The van der Waals surface area contributed by atoms with Gasteiger partial charge in [-0.1, -0.05) is 0 Å². The van der Waals surface area contributed by atoms with Crippen LogP contribution in [0.3, 0.4) is 0 Å². The number of anilines is 1. The number of aromatic nitrogens is 4. The van der Waals surface area contributed by atoms with Crippen LogP contribution in [0.25, 0.3) is 0 Å². The summed E-state index contributed by atoms with van der Waals surface area (Å²) < 4.78 is 4.02. The second-order valence-electron chi connectivity index (χ2n) is 4.88. The standard InChI is InChI=1S/C13H22N6/c1-17(2)13-15-10-12(18(13)3)9-14-7-5-11-6-8-16-19(11)4/h6,8,10,14H,5,7,9H2,1-4H3. The molecule has 0 bridgehead atoms. The second-order valence-corrected chi connectivity index (χ2v) is 4.88. The van der Waals surface area contributed by atoms with Gasteiger partial charge in [0, 0.05) is 59.6 Å². The highest BCUT2D eigenvalue weighted by molar-refractivity contribution is 5.30. The summed E-state index contributed by atoms with van der Waals surface area (Å²) in [5, 5.41) is 7.60. The molecule has 2 aromatic heterocycles. The molecule has 0 unspecified atom stereocenters. The van der Waals surface area contributed by atoms with Gasteiger partial charge in [-0.25, -0.2) is 4.98 Å². The Hall–Kier alpha value is -1.82. The average Bonchev–Trinajstić information content (AvgIpc) is 2.92. The third kappa shape index (κ3) is 3.14. The van der Waals surface area contributed by atoms with Crippen molar-refractivity contribution in [2.24, 2.45) is 14.1 Å². The predicted molar refractivity (Wildman–Crippen MR) is 76.2 cm³/mol. The summed E-state index contributed by atoms with van der Waals surface area (Å²) in [6, 6.07) is 2.05. The van der Waals surface area contributed by atoms with Crippen molar-refractivity contribution in [1.82, 2.24) is 24.6 Å². The van der Waals surface area contributed by atoms with E-state index in [1.807, 2.05) is 50.2 Å². The lowest BCUT2D eigenvalue weighted by Gasteiger charge is -2.12. The van der Waals surface area contributed by atoms with Crippen molar-refractivity contribution in [2.45, 2.75) is 13.0 Å². The smallest absolute Gasteiger partial charge is 0.204 e. The number of hydrogen-bond acceptors (Lipinski definition) is 4. The highest BCUT2D eigenvalue weighted by Crippen LogP contribution is 2.10. The molecule has 0 aromatic carbocycles. The first kappa shape index (κ1) is 13.6. The Morgan fingerprint density at radius 1 is 1.26 bits per heavy atom. The van der Waals surface area contributed by atoms with Crippen molar-refractivity contribution in [3.05, 3.63) is 29.8 Å². The van der Waals surface area contributed by atoms with Crippen molar-refractivity contribution in [2.75, 3.05) is 25.5 Å². The largest absolute Gasteiger partial charge is 0.348 e. The molecule has 0 saturated heterocycles. The summed E-state index contributed by atoms with van der Waals surface area (Å²) in [5.74, 6) is 0.975. The van der Waals surface area contributed by atoms with Crippen LogP contribution in [0, 0.1) is 0 Å². The van der Waals surface area contributed by atoms with Crippen molar-refractivity contribution >= 4 is 5.95 Å². The summed E-state index contributed by atoms with van der Waals surface area (Å²) in [6.07, 6.45) is 4.74. The molecule has 1 N–H and O–H groups in total. The quantitative estimate of drug-likeness (QED) is 0.773. The molecule has 2 rings (SSSR count). The SMILES string of the molecule is CN(C)c1ncc(CNCCc2ccnn2C)n1C. The van der Waals surface area contributed by atoms with Gasteiger partial charge in [0.2, 0.25) is 5.95 Å². The zero-order valence-corrected chi connectivity index (χ0v) is 12.1. The topological polar surface area (TPSA) is 50.9 Å². The maximum absolute atomic E-state index is 4.39. The number of aryl methyl sites for hydroxylation is 1. The van der Waals surface area contributed by atoms with Gasteiger partial charge in [0.05, 0.1) is 11.9 Å². The minimum Gasteiger partial charge on any atom is -0.348 e. The lowest BCUT2D eigenvalue weighted by atomic mass is 10.3. The van der Waals surface area contributed by atoms with Crippen LogP contribution in [0.2, 0.25) is 0 Å². The maximum Gasteiger partial charge on any atom is 0.204 e. The Kier molecular flexibility index (Phi) is 4.21. The predicted octanol–water partition coefficient (Wildman–Crippen LogP) is 0.552. The number of nitrogens with one attached hydrogen (secondary N) is 1. The molecule has 0 spiro atoms. The van der Waals surface area contributed by atoms with Crippen LogP contribution in [0.1, 0.15) is 11.4 Å². The summed E-state index contributed by atoms with van der Waals surface area (Å²) in [5.41, 5.74) is 2.43. The van der Waals surface area contributed by atoms with Gasteiger partial charge in [-0.2, -0.15) is 5.10 Å². The van der Waals surface area contributed by atoms with Gasteiger partial charge in [-0.3, -0.25) is 4.68 Å². The van der Waals surface area contributed by atoms with E-state index in [9.17, 15) is 0 Å². The summed E-state index contributed by atoms with van der Waals surface area (Å²) in [4.78, 5) is 6.41. The van der Waals surface area contributed by atoms with E-state index in [2.05, 4.69) is 26.0 Å². The van der Waals surface area contributed by atoms with Crippen LogP contribution in [-0.2, 0) is 27.1 Å². The fourth-order valence-corrected chi connectivity index (χ4v) is 2.09. The van der Waals surface area contributed by atoms with E-state index in [-0.39, 0.29) is 0 Å². The van der Waals surface area contributed by atoms with Crippen molar-refractivity contribution in [1.29, 1.82) is 0 Å². The Morgan fingerprint density at radius 3 is 2.63 bits per heavy atom. The molecular weight excluding hydrogens is 240 g/mol. The molecule has 0 saturated carbocycles. The summed E-state index contributed by atoms with van der Waals surface area (Å²) >= 11 is 0. The Bertz CT molecular complexity index is 525. The molecule has 0 fully saturated rings. The first-order valence-corrected chi connectivity index (χ1v) is 6.45. The van der Waals surface area contributed by atoms with Gasteiger partial charge < -0.3 is 14.8 Å². The minimum atomic E-state index is 0.829. The normalized spacial score (nSPS) is 10.9. The molecule has 0 aliphatic rings. The number of hydrogen-bond donors (Lipinski definition) is 1. The molecular formula is C13H22N6. The van der Waals surface area contributed by atoms with E-state index in [1.165, 1.54) is 11.4 Å². The molecule has 2 aromatic rings. The molecule has 2 heterocycles. The van der Waals surface area contributed by atoms with E-state index in [0.29, 0.717) is 0 Å². The highest BCUT2D eigenvalue weighted by atomic mass is 15.3. The minimum absolute atomic E-state index is 0.829. The number of nitrogens with zero attached hydrogens (tertiary/aromatic N) is 5. The van der Waals surface area contributed by atoms with E-state index in [0.717, 1.165) is 25.5 Å². The molecule has 104 valence electrons. The van der Waals surface area contributed by atoms with Gasteiger partial charge >= 0.3 is 0 Å². The first-order chi connectivity index (χ1) is 9.09. The fourth-order valence-electron chi connectivity index (χ4n) is 2.09. The molecule has 0 amide bonds. The monoisotopic (exact) mass is 262 g/mol. The zero-order chi connectivity index (χ0) is 13.8. The fraction of sp³-hybridized carbons (Fsp3) is 0.538. The molecule has 0 aliphatic carbocycles. The Labute approximate surface area is 114 Å². The molecule has 0 radical (unpaired) electrons. The lowest BCUT2D eigenvalue weighted by molar-refractivity contribution is 0.625. The molecule has 0 aliphatic heterocycles. The lowest BCUT2D eigenvalue weighted by Crippen LogP contribution is -2.20. The number of imidazole rings is 1. The van der Waals surface area contributed by atoms with Crippen LogP contribution >= 0.6 is 0 Å². The van der Waals surface area contributed by atoms with E-state index < -0.39 is 0 Å². The molecule has 0 atom stereocenters. The van der Waals surface area contributed by atoms with E-state index >= 15 is 0 Å². The van der Waals surface area contributed by atoms with Crippen molar-refractivity contribution in [3.8, 4) is 0 Å². The Balaban J connectivity index is 1.82. The van der Waals surface area contributed by atoms with Crippen LogP contribution in [0.4, 0.5) is 5.95 Å². The van der Waals surface area contributed by atoms with Gasteiger partial charge in [-0.15, -0.1) is 0 Å². The van der Waals surface area contributed by atoms with Crippen LogP contribution < -0.4 is 10.2 Å². The maximum atomic E-state index is 4.39.